The summed E-state index contributed by atoms with van der Waals surface area (Å²) in [6, 6.07) is 6.60. The van der Waals surface area contributed by atoms with Gasteiger partial charge in [-0.2, -0.15) is 0 Å². The Morgan fingerprint density at radius 1 is 1.15 bits per heavy atom. The third-order valence-electron chi connectivity index (χ3n) is 5.52. The first kappa shape index (κ1) is 18.1. The van der Waals surface area contributed by atoms with Crippen LogP contribution in [0.5, 0.6) is 0 Å². The van der Waals surface area contributed by atoms with Crippen LogP contribution in [0.3, 0.4) is 0 Å². The summed E-state index contributed by atoms with van der Waals surface area (Å²) in [7, 11) is -3.10. The van der Waals surface area contributed by atoms with Gasteiger partial charge in [0.15, 0.2) is 9.84 Å². The van der Waals surface area contributed by atoms with Gasteiger partial charge in [-0.25, -0.2) is 13.1 Å². The Kier molecular flexibility index (Phi) is 4.71. The van der Waals surface area contributed by atoms with Crippen LogP contribution >= 0.6 is 0 Å². The maximum atomic E-state index is 13.1. The van der Waals surface area contributed by atoms with Gasteiger partial charge in [0.25, 0.3) is 5.56 Å². The molecule has 1 saturated carbocycles. The zero-order valence-electron chi connectivity index (χ0n) is 15.0. The van der Waals surface area contributed by atoms with Gasteiger partial charge in [0.1, 0.15) is 12.1 Å². The molecule has 9 heteroatoms. The first-order valence-electron chi connectivity index (χ1n) is 9.29. The summed E-state index contributed by atoms with van der Waals surface area (Å²) in [5, 5.41) is 8.33. The Balaban J connectivity index is 1.62. The van der Waals surface area contributed by atoms with Crippen molar-refractivity contribution in [2.45, 2.75) is 50.7 Å². The molecule has 0 radical (unpaired) electrons. The Morgan fingerprint density at radius 3 is 2.59 bits per heavy atom. The highest BCUT2D eigenvalue weighted by Gasteiger charge is 2.39. The van der Waals surface area contributed by atoms with E-state index in [0.29, 0.717) is 17.3 Å². The van der Waals surface area contributed by atoms with Crippen molar-refractivity contribution in [3.63, 3.8) is 0 Å². The molecule has 1 aromatic carbocycles. The lowest BCUT2D eigenvalue weighted by Crippen LogP contribution is -2.49. The maximum absolute atomic E-state index is 13.1. The molecule has 1 atom stereocenters. The van der Waals surface area contributed by atoms with Gasteiger partial charge >= 0.3 is 0 Å². The monoisotopic (exact) mass is 390 g/mol. The smallest absolute Gasteiger partial charge is 0.278 e. The van der Waals surface area contributed by atoms with Crippen molar-refractivity contribution in [3.05, 3.63) is 34.6 Å². The second-order valence-electron chi connectivity index (χ2n) is 7.37. The number of benzene rings is 1. The van der Waals surface area contributed by atoms with Crippen LogP contribution < -0.4 is 5.56 Å². The minimum Gasteiger partial charge on any atom is -0.334 e. The topological polar surface area (TPSA) is 102 Å². The maximum Gasteiger partial charge on any atom is 0.278 e. The van der Waals surface area contributed by atoms with E-state index in [9.17, 15) is 18.0 Å². The molecule has 0 bridgehead atoms. The molecule has 2 aromatic rings. The van der Waals surface area contributed by atoms with Crippen molar-refractivity contribution in [3.8, 4) is 0 Å². The third-order valence-corrected chi connectivity index (χ3v) is 7.27. The molecule has 2 aliphatic rings. The zero-order valence-corrected chi connectivity index (χ0v) is 15.8. The Labute approximate surface area is 157 Å². The summed E-state index contributed by atoms with van der Waals surface area (Å²) in [4.78, 5) is 27.4. The van der Waals surface area contributed by atoms with Crippen LogP contribution in [-0.4, -0.2) is 57.8 Å². The summed E-state index contributed by atoms with van der Waals surface area (Å²) < 4.78 is 24.9. The van der Waals surface area contributed by atoms with E-state index in [1.165, 1.54) is 0 Å². The molecule has 0 spiro atoms. The van der Waals surface area contributed by atoms with E-state index in [2.05, 4.69) is 10.3 Å². The first-order valence-corrected chi connectivity index (χ1v) is 11.1. The summed E-state index contributed by atoms with van der Waals surface area (Å²) in [5.74, 6) is -0.132. The summed E-state index contributed by atoms with van der Waals surface area (Å²) in [6.45, 7) is -0.219. The number of hydrogen-bond donors (Lipinski definition) is 0. The number of sulfone groups is 1. The van der Waals surface area contributed by atoms with E-state index in [0.717, 1.165) is 30.4 Å². The fourth-order valence-electron chi connectivity index (χ4n) is 4.22. The van der Waals surface area contributed by atoms with E-state index in [4.69, 9.17) is 0 Å². The number of fused-ring (bicyclic) bond motifs is 1. The van der Waals surface area contributed by atoms with Crippen molar-refractivity contribution in [1.29, 1.82) is 0 Å². The molecule has 4 rings (SSSR count). The normalized spacial score (nSPS) is 22.3. The standard InChI is InChI=1S/C18H22N4O4S/c23-17(11-21-18(24)15-7-3-4-8-16(15)19-20-21)22(13-5-1-2-6-13)14-9-10-27(25,26)12-14/h3-4,7-8,13-14H,1-2,5-6,9-12H2. The molecule has 1 saturated heterocycles. The molecule has 1 amide bonds. The van der Waals surface area contributed by atoms with Crippen molar-refractivity contribution >= 4 is 26.6 Å². The number of hydrogen-bond acceptors (Lipinski definition) is 6. The Hall–Kier alpha value is -2.29. The quantitative estimate of drug-likeness (QED) is 0.763. The van der Waals surface area contributed by atoms with E-state index in [1.807, 2.05) is 0 Å². The molecule has 1 aliphatic carbocycles. The van der Waals surface area contributed by atoms with Gasteiger partial charge in [-0.15, -0.1) is 5.10 Å². The van der Waals surface area contributed by atoms with Gasteiger partial charge in [-0.05, 0) is 31.4 Å². The van der Waals surface area contributed by atoms with Gasteiger partial charge in [-0.3, -0.25) is 9.59 Å². The number of carbonyl (C=O) groups excluding carboxylic acids is 1. The van der Waals surface area contributed by atoms with Crippen LogP contribution in [0.15, 0.2) is 29.1 Å². The largest absolute Gasteiger partial charge is 0.334 e. The predicted molar refractivity (Wildman–Crippen MR) is 100.0 cm³/mol. The third kappa shape index (κ3) is 3.60. The minimum atomic E-state index is -3.10. The van der Waals surface area contributed by atoms with E-state index in [1.54, 1.807) is 29.2 Å². The summed E-state index contributed by atoms with van der Waals surface area (Å²) in [6.07, 6.45) is 4.28. The number of amides is 1. The van der Waals surface area contributed by atoms with E-state index < -0.39 is 9.84 Å². The average molecular weight is 390 g/mol. The summed E-state index contributed by atoms with van der Waals surface area (Å²) in [5.41, 5.74) is 0.125. The van der Waals surface area contributed by atoms with Gasteiger partial charge in [0, 0.05) is 12.1 Å². The van der Waals surface area contributed by atoms with Gasteiger partial charge < -0.3 is 4.90 Å². The van der Waals surface area contributed by atoms with Crippen LogP contribution in [0.25, 0.3) is 10.9 Å². The van der Waals surface area contributed by atoms with Crippen molar-refractivity contribution in [2.24, 2.45) is 0 Å². The molecule has 0 N–H and O–H groups in total. The fraction of sp³-hybridized carbons (Fsp3) is 0.556. The Morgan fingerprint density at radius 2 is 1.89 bits per heavy atom. The van der Waals surface area contributed by atoms with Crippen molar-refractivity contribution in [2.75, 3.05) is 11.5 Å². The molecule has 1 unspecified atom stereocenters. The van der Waals surface area contributed by atoms with Crippen molar-refractivity contribution in [1.82, 2.24) is 19.9 Å². The van der Waals surface area contributed by atoms with Gasteiger partial charge in [0.05, 0.1) is 16.9 Å². The second-order valence-corrected chi connectivity index (χ2v) is 9.59. The van der Waals surface area contributed by atoms with Crippen LogP contribution in [0.4, 0.5) is 0 Å². The van der Waals surface area contributed by atoms with E-state index in [-0.39, 0.29) is 41.6 Å². The molecule has 2 heterocycles. The zero-order chi connectivity index (χ0) is 19.0. The predicted octanol–water partition coefficient (Wildman–Crippen LogP) is 0.750. The molecule has 144 valence electrons. The van der Waals surface area contributed by atoms with Crippen LogP contribution in [0.2, 0.25) is 0 Å². The number of rotatable bonds is 4. The lowest BCUT2D eigenvalue weighted by molar-refractivity contribution is -0.136. The second kappa shape index (κ2) is 7.03. The van der Waals surface area contributed by atoms with Gasteiger partial charge in [0.2, 0.25) is 5.91 Å². The number of carbonyl (C=O) groups is 1. The lowest BCUT2D eigenvalue weighted by Gasteiger charge is -2.34. The molecular formula is C18H22N4O4S. The highest BCUT2D eigenvalue weighted by molar-refractivity contribution is 7.91. The molecule has 1 aliphatic heterocycles. The minimum absolute atomic E-state index is 0.00748. The molecule has 2 fully saturated rings. The van der Waals surface area contributed by atoms with Crippen molar-refractivity contribution < 1.29 is 13.2 Å². The summed E-state index contributed by atoms with van der Waals surface area (Å²) >= 11 is 0. The average Bonchev–Trinajstić information content (AvgIpc) is 3.28. The molecule has 27 heavy (non-hydrogen) atoms. The lowest BCUT2D eigenvalue weighted by atomic mass is 10.1. The van der Waals surface area contributed by atoms with Crippen LogP contribution in [0, 0.1) is 0 Å². The molecule has 8 nitrogen and oxygen atoms in total. The van der Waals surface area contributed by atoms with Crippen LogP contribution in [0.1, 0.15) is 32.1 Å². The molecular weight excluding hydrogens is 368 g/mol. The van der Waals surface area contributed by atoms with Gasteiger partial charge in [-0.1, -0.05) is 30.2 Å². The fourth-order valence-corrected chi connectivity index (χ4v) is 5.93. The highest BCUT2D eigenvalue weighted by atomic mass is 32.2. The van der Waals surface area contributed by atoms with E-state index >= 15 is 0 Å². The first-order chi connectivity index (χ1) is 12.9. The number of nitrogens with zero attached hydrogens (tertiary/aromatic N) is 4. The molecule has 1 aromatic heterocycles. The number of aromatic nitrogens is 3. The van der Waals surface area contributed by atoms with Crippen LogP contribution in [-0.2, 0) is 21.2 Å². The SMILES string of the molecule is O=C(Cn1nnc2ccccc2c1=O)N(C1CCCC1)C1CCS(=O)(=O)C1. The highest BCUT2D eigenvalue weighted by Crippen LogP contribution is 2.29. The Bertz CT molecular complexity index is 1030.